The van der Waals surface area contributed by atoms with Crippen LogP contribution in [0.1, 0.15) is 75.7 Å². The van der Waals surface area contributed by atoms with Gasteiger partial charge in [-0.2, -0.15) is 0 Å². The molecule has 0 aromatic rings. The number of hydrogen-bond acceptors (Lipinski definition) is 0. The Hall–Kier alpha value is 0.714. The van der Waals surface area contributed by atoms with E-state index in [1.165, 1.54) is 6.42 Å². The van der Waals surface area contributed by atoms with Crippen molar-refractivity contribution in [2.75, 3.05) is 0 Å². The molecule has 0 nitrogen and oxygen atoms in total. The zero-order chi connectivity index (χ0) is 19.0. The van der Waals surface area contributed by atoms with Gasteiger partial charge < -0.3 is 13.8 Å². The van der Waals surface area contributed by atoms with Crippen molar-refractivity contribution in [1.82, 2.24) is 0 Å². The molecule has 0 aliphatic heterocycles. The average Bonchev–Trinajstić information content (AvgIpc) is 2.77. The van der Waals surface area contributed by atoms with Crippen LogP contribution in [0.2, 0.25) is 0 Å². The third-order valence-electron chi connectivity index (χ3n) is 8.71. The van der Waals surface area contributed by atoms with Gasteiger partial charge in [-0.15, -0.1) is 6.92 Å². The summed E-state index contributed by atoms with van der Waals surface area (Å²) in [6.07, 6.45) is 1.17. The largest absolute Gasteiger partial charge is 4.00 e. The maximum atomic E-state index is 4.14. The molecule has 2 rings (SSSR count). The Labute approximate surface area is 175 Å². The molecule has 25 heavy (non-hydrogen) atoms. The molecule has 0 aromatic heterocycles. The second kappa shape index (κ2) is 9.77. The van der Waals surface area contributed by atoms with Crippen molar-refractivity contribution in [3.8, 4) is 0 Å². The normalized spacial score (nSPS) is 47.0. The first-order valence-corrected chi connectivity index (χ1v) is 10.5. The van der Waals surface area contributed by atoms with Crippen LogP contribution in [-0.4, -0.2) is 0 Å². The van der Waals surface area contributed by atoms with Gasteiger partial charge in [-0.1, -0.05) is 68.7 Å². The molecule has 4 atom stereocenters. The monoisotopic (exact) mass is 382 g/mol. The third kappa shape index (κ3) is 6.10. The quantitative estimate of drug-likeness (QED) is 0.345. The van der Waals surface area contributed by atoms with Crippen molar-refractivity contribution in [2.24, 2.45) is 64.6 Å². The minimum absolute atomic E-state index is 0. The zero-order valence-corrected chi connectivity index (χ0v) is 20.5. The molecule has 0 spiro atoms. The summed E-state index contributed by atoms with van der Waals surface area (Å²) >= 11 is 0. The van der Waals surface area contributed by atoms with Crippen molar-refractivity contribution in [1.29, 1.82) is 0 Å². The van der Waals surface area contributed by atoms with Gasteiger partial charge in [0.05, 0.1) is 0 Å². The van der Waals surface area contributed by atoms with Crippen LogP contribution in [0, 0.1) is 78.4 Å². The average molecular weight is 382 g/mol. The predicted octanol–water partition coefficient (Wildman–Crippen LogP) is 7.40. The Kier molecular flexibility index (Phi) is 10.1. The van der Waals surface area contributed by atoms with E-state index in [-0.39, 0.29) is 27.1 Å². The van der Waals surface area contributed by atoms with Gasteiger partial charge >= 0.3 is 21.7 Å². The van der Waals surface area contributed by atoms with E-state index in [1.807, 2.05) is 0 Å². The molecule has 2 aliphatic carbocycles. The molecule has 2 aliphatic rings. The van der Waals surface area contributed by atoms with E-state index in [9.17, 15) is 0 Å². The summed E-state index contributed by atoms with van der Waals surface area (Å²) in [6.45, 7) is 32.0. The van der Waals surface area contributed by atoms with Crippen LogP contribution in [-0.2, 0) is 21.7 Å². The van der Waals surface area contributed by atoms with Gasteiger partial charge in [-0.05, 0) is 59.2 Å². The van der Waals surface area contributed by atoms with E-state index in [2.05, 4.69) is 83.1 Å². The van der Waals surface area contributed by atoms with Crippen molar-refractivity contribution >= 4 is 0 Å². The summed E-state index contributed by atoms with van der Waals surface area (Å²) in [5, 5.41) is 0. The smallest absolute Gasteiger partial charge is 0.367 e. The molecule has 144 valence electrons. The van der Waals surface area contributed by atoms with E-state index >= 15 is 0 Å². The number of hydrogen-bond donors (Lipinski definition) is 0. The Bertz CT molecular complexity index is 323. The second-order valence-corrected chi connectivity index (χ2v) is 10.4. The first-order chi connectivity index (χ1) is 10.8. The summed E-state index contributed by atoms with van der Waals surface area (Å²) in [6, 6.07) is 0. The first kappa shape index (κ1) is 25.7. The summed E-state index contributed by atoms with van der Waals surface area (Å²) in [4.78, 5) is 0. The maximum Gasteiger partial charge on any atom is 4.00 e. The van der Waals surface area contributed by atoms with Gasteiger partial charge in [0.15, 0.2) is 0 Å². The van der Waals surface area contributed by atoms with E-state index in [0.717, 1.165) is 59.2 Å². The molecule has 0 radical (unpaired) electrons. The molecule has 0 bridgehead atoms. The Morgan fingerprint density at radius 1 is 0.520 bits per heavy atom. The standard InChI is InChI=1S/C14H26.C10H20.Ti/c1-9-10(2)12(4)13(11(9)3)8-14(5,6)7;1-6-7(2)9(4)10(5)8(6)3;/h9-13H,5-6,8H2,1-4,7H3;6-10H,1-5H3;/q-2;;+4. The van der Waals surface area contributed by atoms with E-state index in [1.54, 1.807) is 0 Å². The Balaban J connectivity index is 0.000000465. The number of rotatable bonds is 2. The molecule has 0 N–H and O–H groups in total. The van der Waals surface area contributed by atoms with Gasteiger partial charge in [0.1, 0.15) is 0 Å². The Morgan fingerprint density at radius 3 is 0.920 bits per heavy atom. The van der Waals surface area contributed by atoms with Crippen molar-refractivity contribution in [2.45, 2.75) is 75.7 Å². The van der Waals surface area contributed by atoms with Crippen molar-refractivity contribution < 1.29 is 21.7 Å². The van der Waals surface area contributed by atoms with Crippen LogP contribution < -0.4 is 0 Å². The van der Waals surface area contributed by atoms with Gasteiger partial charge in [0, 0.05) is 0 Å². The molecule has 2 fully saturated rings. The molecular weight excluding hydrogens is 336 g/mol. The van der Waals surface area contributed by atoms with E-state index < -0.39 is 0 Å². The first-order valence-electron chi connectivity index (χ1n) is 10.5. The van der Waals surface area contributed by atoms with Crippen LogP contribution in [0.5, 0.6) is 0 Å². The van der Waals surface area contributed by atoms with Crippen molar-refractivity contribution in [3.05, 3.63) is 13.8 Å². The molecule has 4 unspecified atom stereocenters. The minimum Gasteiger partial charge on any atom is -0.367 e. The predicted molar refractivity (Wildman–Crippen MR) is 109 cm³/mol. The SMILES string of the molecule is CC1C(C)C(C)C(C)C1C.[CH2-]C([CH2-])(C)CC1C(C)C(C)C(C)C1C.[Ti+4]. The fourth-order valence-electron chi connectivity index (χ4n) is 5.55. The zero-order valence-electron chi connectivity index (χ0n) is 18.9. The summed E-state index contributed by atoms with van der Waals surface area (Å²) in [5.74, 6) is 8.88. The maximum absolute atomic E-state index is 4.14. The van der Waals surface area contributed by atoms with Crippen molar-refractivity contribution in [3.63, 3.8) is 0 Å². The minimum atomic E-state index is -0.00301. The fourth-order valence-corrected chi connectivity index (χ4v) is 5.55. The molecule has 0 amide bonds. The van der Waals surface area contributed by atoms with Crippen LogP contribution >= 0.6 is 0 Å². The molecule has 0 aromatic carbocycles. The topological polar surface area (TPSA) is 0 Å². The van der Waals surface area contributed by atoms with Crippen LogP contribution in [0.4, 0.5) is 0 Å². The van der Waals surface area contributed by atoms with Crippen LogP contribution in [0.15, 0.2) is 0 Å². The van der Waals surface area contributed by atoms with Crippen LogP contribution in [0.25, 0.3) is 0 Å². The van der Waals surface area contributed by atoms with E-state index in [4.69, 9.17) is 0 Å². The van der Waals surface area contributed by atoms with E-state index in [0.29, 0.717) is 0 Å². The molecule has 2 saturated carbocycles. The molecular formula is C24H46Ti+2. The fraction of sp³-hybridized carbons (Fsp3) is 0.917. The molecule has 0 heterocycles. The van der Waals surface area contributed by atoms with Gasteiger partial charge in [-0.25, -0.2) is 0 Å². The summed E-state index contributed by atoms with van der Waals surface area (Å²) < 4.78 is 0. The van der Waals surface area contributed by atoms with Gasteiger partial charge in [-0.3, -0.25) is 5.41 Å². The van der Waals surface area contributed by atoms with Crippen LogP contribution in [0.3, 0.4) is 0 Å². The van der Waals surface area contributed by atoms with Gasteiger partial charge in [0.2, 0.25) is 0 Å². The summed E-state index contributed by atoms with van der Waals surface area (Å²) in [7, 11) is 0. The Morgan fingerprint density at radius 2 is 0.720 bits per heavy atom. The summed E-state index contributed by atoms with van der Waals surface area (Å²) in [5.41, 5.74) is -0.00301. The van der Waals surface area contributed by atoms with Gasteiger partial charge in [0.25, 0.3) is 0 Å². The second-order valence-electron chi connectivity index (χ2n) is 10.4. The molecule has 1 heteroatoms. The molecule has 0 saturated heterocycles. The third-order valence-corrected chi connectivity index (χ3v) is 8.71.